The minimum Gasteiger partial charge on any atom is -0.326 e. The number of halogens is 1. The first-order valence-electron chi connectivity index (χ1n) is 6.91. The summed E-state index contributed by atoms with van der Waals surface area (Å²) in [7, 11) is 0. The number of aryl methyl sites for hydroxylation is 2. The molecule has 0 unspecified atom stereocenters. The van der Waals surface area contributed by atoms with Crippen LogP contribution >= 0.6 is 11.8 Å². The first-order valence-corrected chi connectivity index (χ1v) is 7.73. The van der Waals surface area contributed by atoms with Crippen molar-refractivity contribution in [3.8, 4) is 0 Å². The van der Waals surface area contributed by atoms with E-state index >= 15 is 0 Å². The highest BCUT2D eigenvalue weighted by molar-refractivity contribution is 7.99. The molecule has 1 aliphatic rings. The van der Waals surface area contributed by atoms with E-state index in [9.17, 15) is 4.39 Å². The molecule has 0 saturated carbocycles. The van der Waals surface area contributed by atoms with Crippen LogP contribution in [0.2, 0.25) is 0 Å². The Morgan fingerprint density at radius 3 is 2.85 bits per heavy atom. The zero-order chi connectivity index (χ0) is 13.9. The molecule has 2 aromatic rings. The van der Waals surface area contributed by atoms with E-state index in [1.165, 1.54) is 48.0 Å². The maximum absolute atomic E-state index is 13.3. The summed E-state index contributed by atoms with van der Waals surface area (Å²) in [5.41, 5.74) is 9.42. The zero-order valence-corrected chi connectivity index (χ0v) is 12.0. The lowest BCUT2D eigenvalue weighted by molar-refractivity contribution is 0.624. The molecule has 0 bridgehead atoms. The second-order valence-corrected chi connectivity index (χ2v) is 6.09. The van der Waals surface area contributed by atoms with E-state index < -0.39 is 0 Å². The molecule has 0 radical (unpaired) electrons. The highest BCUT2D eigenvalue weighted by Gasteiger charge is 2.15. The fourth-order valence-electron chi connectivity index (χ4n) is 2.54. The summed E-state index contributed by atoms with van der Waals surface area (Å²) in [5.74, 6) is -0.220. The fraction of sp³-hybridized carbons (Fsp3) is 0.312. The maximum atomic E-state index is 13.3. The van der Waals surface area contributed by atoms with Gasteiger partial charge in [0.2, 0.25) is 0 Å². The Kier molecular flexibility index (Phi) is 4.03. The average molecular weight is 288 g/mol. The molecule has 4 heteroatoms. The quantitative estimate of drug-likeness (QED) is 0.935. The van der Waals surface area contributed by atoms with Crippen LogP contribution in [0.15, 0.2) is 40.3 Å². The number of hydrogen-bond donors (Lipinski definition) is 1. The highest BCUT2D eigenvalue weighted by Crippen LogP contribution is 2.32. The van der Waals surface area contributed by atoms with Gasteiger partial charge in [0.1, 0.15) is 10.8 Å². The van der Waals surface area contributed by atoms with Gasteiger partial charge in [0, 0.05) is 17.1 Å². The second-order valence-electron chi connectivity index (χ2n) is 5.03. The second kappa shape index (κ2) is 5.94. The number of nitrogens with zero attached hydrogens (tertiary/aromatic N) is 1. The summed E-state index contributed by atoms with van der Waals surface area (Å²) in [6.07, 6.45) is 4.57. The maximum Gasteiger partial charge on any atom is 0.124 e. The summed E-state index contributed by atoms with van der Waals surface area (Å²) in [6.45, 7) is 0.470. The Bertz CT molecular complexity index is 628. The molecule has 2 nitrogen and oxygen atoms in total. The topological polar surface area (TPSA) is 38.9 Å². The van der Waals surface area contributed by atoms with Crippen molar-refractivity contribution in [2.24, 2.45) is 5.73 Å². The lowest BCUT2D eigenvalue weighted by Gasteiger charge is -2.18. The first kappa shape index (κ1) is 13.6. The standard InChI is InChI=1S/C16H17FN2S/c17-13-5-3-6-14(9-13)20-16-12(10-18)8-11-4-1-2-7-15(11)19-16/h3,5-6,8-9H,1-2,4,7,10,18H2. The first-order chi connectivity index (χ1) is 9.76. The molecular formula is C16H17FN2S. The molecule has 0 spiro atoms. The lowest BCUT2D eigenvalue weighted by atomic mass is 9.95. The van der Waals surface area contributed by atoms with Gasteiger partial charge in [-0.2, -0.15) is 0 Å². The third kappa shape index (κ3) is 2.86. The lowest BCUT2D eigenvalue weighted by Crippen LogP contribution is -2.10. The van der Waals surface area contributed by atoms with Crippen LogP contribution in [-0.2, 0) is 19.4 Å². The third-order valence-electron chi connectivity index (χ3n) is 3.57. The fourth-order valence-corrected chi connectivity index (χ4v) is 3.51. The summed E-state index contributed by atoms with van der Waals surface area (Å²) in [6, 6.07) is 8.79. The van der Waals surface area contributed by atoms with Crippen molar-refractivity contribution in [3.63, 3.8) is 0 Å². The van der Waals surface area contributed by atoms with Crippen LogP contribution in [0.1, 0.15) is 29.7 Å². The van der Waals surface area contributed by atoms with Crippen molar-refractivity contribution < 1.29 is 4.39 Å². The van der Waals surface area contributed by atoms with E-state index in [0.29, 0.717) is 6.54 Å². The van der Waals surface area contributed by atoms with Crippen molar-refractivity contribution in [1.82, 2.24) is 4.98 Å². The number of rotatable bonds is 3. The van der Waals surface area contributed by atoms with Gasteiger partial charge < -0.3 is 5.73 Å². The van der Waals surface area contributed by atoms with Crippen LogP contribution in [0.3, 0.4) is 0 Å². The van der Waals surface area contributed by atoms with Gasteiger partial charge in [-0.05, 0) is 55.0 Å². The number of benzene rings is 1. The Morgan fingerprint density at radius 1 is 1.20 bits per heavy atom. The van der Waals surface area contributed by atoms with Gasteiger partial charge in [-0.3, -0.25) is 0 Å². The Balaban J connectivity index is 1.95. The summed E-state index contributed by atoms with van der Waals surface area (Å²) < 4.78 is 13.3. The molecule has 0 atom stereocenters. The van der Waals surface area contributed by atoms with Crippen LogP contribution in [0, 0.1) is 5.82 Å². The van der Waals surface area contributed by atoms with Crippen LogP contribution in [0.25, 0.3) is 0 Å². The number of fused-ring (bicyclic) bond motifs is 1. The van der Waals surface area contributed by atoms with E-state index in [1.54, 1.807) is 6.07 Å². The van der Waals surface area contributed by atoms with Crippen LogP contribution in [0.5, 0.6) is 0 Å². The van der Waals surface area contributed by atoms with Crippen molar-refractivity contribution >= 4 is 11.8 Å². The van der Waals surface area contributed by atoms with Crippen molar-refractivity contribution in [3.05, 3.63) is 53.0 Å². The predicted molar refractivity (Wildman–Crippen MR) is 79.3 cm³/mol. The number of pyridine rings is 1. The number of hydrogen-bond acceptors (Lipinski definition) is 3. The molecular weight excluding hydrogens is 271 g/mol. The molecule has 1 aliphatic carbocycles. The van der Waals surface area contributed by atoms with Crippen LogP contribution in [0.4, 0.5) is 4.39 Å². The highest BCUT2D eigenvalue weighted by atomic mass is 32.2. The normalized spacial score (nSPS) is 14.1. The molecule has 0 amide bonds. The molecule has 1 heterocycles. The number of aromatic nitrogens is 1. The molecule has 20 heavy (non-hydrogen) atoms. The van der Waals surface area contributed by atoms with Crippen molar-refractivity contribution in [1.29, 1.82) is 0 Å². The molecule has 3 rings (SSSR count). The van der Waals surface area contributed by atoms with Gasteiger partial charge in [-0.25, -0.2) is 9.37 Å². The van der Waals surface area contributed by atoms with Crippen LogP contribution in [-0.4, -0.2) is 4.98 Å². The van der Waals surface area contributed by atoms with Crippen molar-refractivity contribution in [2.75, 3.05) is 0 Å². The monoisotopic (exact) mass is 288 g/mol. The Labute approximate surface area is 122 Å². The summed E-state index contributed by atoms with van der Waals surface area (Å²) in [5, 5.41) is 0.916. The molecule has 104 valence electrons. The SMILES string of the molecule is NCc1cc2c(nc1Sc1cccc(F)c1)CCCC2. The average Bonchev–Trinajstić information content (AvgIpc) is 2.46. The molecule has 0 fully saturated rings. The minimum atomic E-state index is -0.220. The van der Waals surface area contributed by atoms with Gasteiger partial charge in [-0.15, -0.1) is 0 Å². The third-order valence-corrected chi connectivity index (χ3v) is 4.61. The zero-order valence-electron chi connectivity index (χ0n) is 11.2. The van der Waals surface area contributed by atoms with Gasteiger partial charge >= 0.3 is 0 Å². The van der Waals surface area contributed by atoms with Crippen molar-refractivity contribution in [2.45, 2.75) is 42.1 Å². The molecule has 1 aromatic heterocycles. The molecule has 1 aromatic carbocycles. The molecule has 0 aliphatic heterocycles. The Morgan fingerprint density at radius 2 is 2.05 bits per heavy atom. The summed E-state index contributed by atoms with van der Waals surface area (Å²) in [4.78, 5) is 5.63. The molecule has 0 saturated heterocycles. The largest absolute Gasteiger partial charge is 0.326 e. The van der Waals surface area contributed by atoms with Gasteiger partial charge in [0.25, 0.3) is 0 Å². The smallest absolute Gasteiger partial charge is 0.124 e. The van der Waals surface area contributed by atoms with E-state index in [-0.39, 0.29) is 5.82 Å². The van der Waals surface area contributed by atoms with Gasteiger partial charge in [0.05, 0.1) is 0 Å². The number of nitrogens with two attached hydrogens (primary N) is 1. The van der Waals surface area contributed by atoms with E-state index in [0.717, 1.165) is 28.3 Å². The van der Waals surface area contributed by atoms with E-state index in [2.05, 4.69) is 6.07 Å². The minimum absolute atomic E-state index is 0.220. The van der Waals surface area contributed by atoms with E-state index in [4.69, 9.17) is 10.7 Å². The Hall–Kier alpha value is -1.39. The molecule has 2 N–H and O–H groups in total. The van der Waals surface area contributed by atoms with E-state index in [1.807, 2.05) is 6.07 Å². The predicted octanol–water partition coefficient (Wildman–Crippen LogP) is 3.71. The van der Waals surface area contributed by atoms with Crippen LogP contribution < -0.4 is 5.73 Å². The van der Waals surface area contributed by atoms with Gasteiger partial charge in [-0.1, -0.05) is 23.9 Å². The summed E-state index contributed by atoms with van der Waals surface area (Å²) >= 11 is 1.49. The van der Waals surface area contributed by atoms with Gasteiger partial charge in [0.15, 0.2) is 0 Å².